The van der Waals surface area contributed by atoms with Gasteiger partial charge in [-0.25, -0.2) is 9.78 Å². The lowest BCUT2D eigenvalue weighted by Crippen LogP contribution is -2.52. The van der Waals surface area contributed by atoms with Crippen LogP contribution in [0, 0.1) is 11.8 Å². The zero-order valence-electron chi connectivity index (χ0n) is 24.0. The minimum atomic E-state index is -1.56. The van der Waals surface area contributed by atoms with Gasteiger partial charge in [0.2, 0.25) is 11.3 Å². The summed E-state index contributed by atoms with van der Waals surface area (Å²) in [6, 6.07) is 8.72. The number of hydrogen-bond donors (Lipinski definition) is 2. The van der Waals surface area contributed by atoms with Crippen molar-refractivity contribution in [1.29, 1.82) is 0 Å². The van der Waals surface area contributed by atoms with Gasteiger partial charge in [-0.05, 0) is 82.8 Å². The van der Waals surface area contributed by atoms with Gasteiger partial charge in [-0.15, -0.1) is 0 Å². The topological polar surface area (TPSA) is 140 Å². The van der Waals surface area contributed by atoms with E-state index in [0.717, 1.165) is 37.5 Å². The second-order valence-corrected chi connectivity index (χ2v) is 13.2. The molecule has 2 aliphatic carbocycles. The Labute approximate surface area is 239 Å². The molecule has 2 unspecified atom stereocenters. The molecule has 4 fully saturated rings. The average Bonchev–Trinajstić information content (AvgIpc) is 3.08. The number of fused-ring (bicyclic) bond motifs is 5. The van der Waals surface area contributed by atoms with Crippen LogP contribution in [0.2, 0.25) is 0 Å². The second kappa shape index (κ2) is 10.9. The first kappa shape index (κ1) is 27.9. The summed E-state index contributed by atoms with van der Waals surface area (Å²) in [6.45, 7) is 2.77. The quantitative estimate of drug-likeness (QED) is 0.383. The lowest BCUT2D eigenvalue weighted by molar-refractivity contribution is -0.140. The fraction of sp³-hybridized carbons (Fsp3) is 0.645. The van der Waals surface area contributed by atoms with E-state index in [0.29, 0.717) is 29.2 Å². The summed E-state index contributed by atoms with van der Waals surface area (Å²) in [5, 5.41) is 13.7. The maximum absolute atomic E-state index is 14.1. The van der Waals surface area contributed by atoms with Gasteiger partial charge in [0.05, 0.1) is 11.0 Å². The minimum absolute atomic E-state index is 0.0770. The van der Waals surface area contributed by atoms with E-state index >= 15 is 0 Å². The number of carboxylic acid groups (broad SMARTS) is 1. The number of nitrogens with two attached hydrogens (primary N) is 1. The van der Waals surface area contributed by atoms with Gasteiger partial charge in [0.1, 0.15) is 0 Å². The van der Waals surface area contributed by atoms with Gasteiger partial charge in [-0.3, -0.25) is 14.5 Å². The standard InChI is InChI=1S/C31H41N5O5/c1-31(2,30(32)40)41-34-27(29(38)39)26-28(37)36(25-10-6-5-9-24(25)33-26)23-16-20-11-12-21(17-23)35(20)22-14-18-7-3-4-8-19(13-18)15-22/h5-6,9-10,18-23H,3-4,7-8,11-17H2,1-2H3,(H2,32,40)(H,38,39)/t18-,19+,20-,21+,22?,23?. The summed E-state index contributed by atoms with van der Waals surface area (Å²) in [6.07, 6.45) is 13.4. The maximum atomic E-state index is 14.1. The Bertz CT molecular complexity index is 1410. The molecular formula is C31H41N5O5. The van der Waals surface area contributed by atoms with Crippen molar-refractivity contribution in [3.63, 3.8) is 0 Å². The van der Waals surface area contributed by atoms with Gasteiger partial charge in [0, 0.05) is 24.2 Å². The van der Waals surface area contributed by atoms with Crippen molar-refractivity contribution >= 4 is 28.6 Å². The number of aromatic nitrogens is 2. The highest BCUT2D eigenvalue weighted by Crippen LogP contribution is 2.48. The van der Waals surface area contributed by atoms with Gasteiger partial charge in [0.15, 0.2) is 5.69 Å². The van der Waals surface area contributed by atoms with E-state index in [2.05, 4.69) is 15.0 Å². The van der Waals surface area contributed by atoms with Crippen LogP contribution in [0.25, 0.3) is 11.0 Å². The van der Waals surface area contributed by atoms with Gasteiger partial charge < -0.3 is 20.2 Å². The molecule has 6 rings (SSSR count). The van der Waals surface area contributed by atoms with Gasteiger partial charge in [0.25, 0.3) is 11.5 Å². The highest BCUT2D eigenvalue weighted by molar-refractivity contribution is 6.41. The third-order valence-corrected chi connectivity index (χ3v) is 10.1. The Morgan fingerprint density at radius 1 is 0.951 bits per heavy atom. The molecule has 0 spiro atoms. The van der Waals surface area contributed by atoms with Crippen LogP contribution in [0.1, 0.15) is 96.2 Å². The number of carboxylic acids is 1. The van der Waals surface area contributed by atoms with Crippen LogP contribution in [0.3, 0.4) is 0 Å². The Balaban J connectivity index is 1.34. The van der Waals surface area contributed by atoms with E-state index < -0.39 is 28.7 Å². The number of carbonyl (C=O) groups excluding carboxylic acids is 1. The molecule has 10 heteroatoms. The predicted octanol–water partition coefficient (Wildman–Crippen LogP) is 3.99. The second-order valence-electron chi connectivity index (χ2n) is 13.2. The van der Waals surface area contributed by atoms with E-state index in [9.17, 15) is 19.5 Å². The number of primary amides is 1. The number of benzene rings is 1. The van der Waals surface area contributed by atoms with Crippen molar-refractivity contribution in [1.82, 2.24) is 14.5 Å². The van der Waals surface area contributed by atoms with Crippen molar-refractivity contribution in [3.8, 4) is 0 Å². The molecule has 3 N–H and O–H groups in total. The monoisotopic (exact) mass is 563 g/mol. The number of carbonyl (C=O) groups is 2. The summed E-state index contributed by atoms with van der Waals surface area (Å²) in [5.41, 5.74) is 3.55. The molecule has 1 aromatic heterocycles. The number of piperidine rings is 1. The molecule has 2 aliphatic heterocycles. The third kappa shape index (κ3) is 5.27. The van der Waals surface area contributed by atoms with Crippen LogP contribution in [0.4, 0.5) is 0 Å². The van der Waals surface area contributed by atoms with Crippen LogP contribution >= 0.6 is 0 Å². The van der Waals surface area contributed by atoms with Crippen molar-refractivity contribution in [2.75, 3.05) is 0 Å². The van der Waals surface area contributed by atoms with Gasteiger partial charge in [-0.1, -0.05) is 43.0 Å². The predicted molar refractivity (Wildman–Crippen MR) is 155 cm³/mol. The van der Waals surface area contributed by atoms with E-state index in [-0.39, 0.29) is 11.7 Å². The molecule has 220 valence electrons. The molecule has 1 aromatic carbocycles. The van der Waals surface area contributed by atoms with Crippen molar-refractivity contribution in [2.45, 2.75) is 114 Å². The Hall–Kier alpha value is -3.27. The first-order valence-electron chi connectivity index (χ1n) is 15.2. The number of para-hydroxylation sites is 2. The fourth-order valence-electron chi connectivity index (χ4n) is 8.16. The van der Waals surface area contributed by atoms with Crippen molar-refractivity contribution in [2.24, 2.45) is 22.7 Å². The molecule has 2 saturated heterocycles. The zero-order chi connectivity index (χ0) is 28.9. The molecule has 2 saturated carbocycles. The number of nitrogens with zero attached hydrogens (tertiary/aromatic N) is 4. The highest BCUT2D eigenvalue weighted by Gasteiger charge is 2.47. The third-order valence-electron chi connectivity index (χ3n) is 10.1. The van der Waals surface area contributed by atoms with E-state index in [1.165, 1.54) is 58.8 Å². The van der Waals surface area contributed by atoms with E-state index in [1.54, 1.807) is 10.6 Å². The number of rotatable bonds is 7. The van der Waals surface area contributed by atoms with Crippen LogP contribution in [0.15, 0.2) is 34.2 Å². The highest BCUT2D eigenvalue weighted by atomic mass is 16.7. The molecule has 41 heavy (non-hydrogen) atoms. The molecule has 0 radical (unpaired) electrons. The van der Waals surface area contributed by atoms with Crippen LogP contribution < -0.4 is 11.3 Å². The summed E-state index contributed by atoms with van der Waals surface area (Å²) in [4.78, 5) is 50.5. The maximum Gasteiger partial charge on any atom is 0.360 e. The van der Waals surface area contributed by atoms with Gasteiger partial charge in [-0.2, -0.15) is 0 Å². The lowest BCUT2D eigenvalue weighted by Gasteiger charge is -2.48. The van der Waals surface area contributed by atoms with E-state index in [1.807, 2.05) is 18.2 Å². The number of hydrogen-bond acceptors (Lipinski definition) is 7. The molecule has 6 atom stereocenters. The lowest BCUT2D eigenvalue weighted by atomic mass is 9.76. The van der Waals surface area contributed by atoms with Crippen LogP contribution in [-0.2, 0) is 14.4 Å². The zero-order valence-corrected chi connectivity index (χ0v) is 24.0. The Morgan fingerprint density at radius 2 is 1.59 bits per heavy atom. The Kier molecular flexibility index (Phi) is 7.38. The molecular weight excluding hydrogens is 522 g/mol. The normalized spacial score (nSPS) is 30.6. The minimum Gasteiger partial charge on any atom is -0.476 e. The number of oxime groups is 1. The SMILES string of the molecule is CC(C)(ON=C(C(=O)O)c1nc2ccccc2n(C2C[C@H]3CC[C@@H](C2)N3C2C[C@H]3CCCC[C@@H](C2)C3)c1=O)C(N)=O. The summed E-state index contributed by atoms with van der Waals surface area (Å²) in [5.74, 6) is -0.578. The first-order valence-corrected chi connectivity index (χ1v) is 15.2. The van der Waals surface area contributed by atoms with Crippen molar-refractivity contribution < 1.29 is 19.5 Å². The molecule has 4 bridgehead atoms. The molecule has 10 nitrogen and oxygen atoms in total. The summed E-state index contributed by atoms with van der Waals surface area (Å²) >= 11 is 0. The molecule has 4 aliphatic rings. The average molecular weight is 564 g/mol. The summed E-state index contributed by atoms with van der Waals surface area (Å²) < 4.78 is 1.75. The largest absolute Gasteiger partial charge is 0.476 e. The summed E-state index contributed by atoms with van der Waals surface area (Å²) in [7, 11) is 0. The van der Waals surface area contributed by atoms with Crippen molar-refractivity contribution in [3.05, 3.63) is 40.3 Å². The van der Waals surface area contributed by atoms with E-state index in [4.69, 9.17) is 10.6 Å². The molecule has 3 heterocycles. The van der Waals surface area contributed by atoms with Gasteiger partial charge >= 0.3 is 5.97 Å². The van der Waals surface area contributed by atoms with Crippen LogP contribution in [-0.4, -0.2) is 60.9 Å². The first-order chi connectivity index (χ1) is 19.6. The molecule has 2 aromatic rings. The van der Waals surface area contributed by atoms with Crippen LogP contribution in [0.5, 0.6) is 0 Å². The molecule has 1 amide bonds. The fourth-order valence-corrected chi connectivity index (χ4v) is 8.16. The number of amides is 1. The number of aliphatic carboxylic acids is 1. The Morgan fingerprint density at radius 3 is 2.20 bits per heavy atom. The smallest absolute Gasteiger partial charge is 0.360 e.